The summed E-state index contributed by atoms with van der Waals surface area (Å²) in [5.74, 6) is -0.761. The van der Waals surface area contributed by atoms with E-state index in [1.54, 1.807) is 30.3 Å². The van der Waals surface area contributed by atoms with Gasteiger partial charge >= 0.3 is 0 Å². The van der Waals surface area contributed by atoms with Crippen LogP contribution in [-0.2, 0) is 32.6 Å². The summed E-state index contributed by atoms with van der Waals surface area (Å²) in [7, 11) is -4.13. The van der Waals surface area contributed by atoms with Crippen molar-refractivity contribution in [2.75, 3.05) is 17.4 Å². The number of sulfonamides is 1. The summed E-state index contributed by atoms with van der Waals surface area (Å²) in [5, 5.41) is 3.01. The molecule has 0 bridgehead atoms. The van der Waals surface area contributed by atoms with Gasteiger partial charge in [0.25, 0.3) is 10.0 Å². The molecule has 44 heavy (non-hydrogen) atoms. The van der Waals surface area contributed by atoms with Crippen molar-refractivity contribution in [2.24, 2.45) is 0 Å². The quantitative estimate of drug-likeness (QED) is 0.154. The predicted molar refractivity (Wildman–Crippen MR) is 179 cm³/mol. The lowest BCUT2D eigenvalue weighted by Gasteiger charge is -2.34. The molecule has 0 saturated heterocycles. The van der Waals surface area contributed by atoms with Crippen molar-refractivity contribution in [1.82, 2.24) is 10.2 Å². The smallest absolute Gasteiger partial charge is 0.264 e. The van der Waals surface area contributed by atoms with Gasteiger partial charge in [0, 0.05) is 24.0 Å². The molecule has 4 aromatic carbocycles. The molecule has 0 aromatic heterocycles. The third-order valence-corrected chi connectivity index (χ3v) is 9.66. The summed E-state index contributed by atoms with van der Waals surface area (Å²) in [6.45, 7) is 3.99. The van der Waals surface area contributed by atoms with E-state index in [0.717, 1.165) is 32.7 Å². The van der Waals surface area contributed by atoms with Gasteiger partial charge in [-0.15, -0.1) is 0 Å². The molecule has 0 aliphatic carbocycles. The third kappa shape index (κ3) is 8.57. The SMILES string of the molecule is CCCCNC(=O)[C@H](Cc1ccccc1)N(Cc1ccc(Br)cc1)C(=O)CN(c1ccccc1C)S(=O)(=O)c1ccccc1. The molecule has 0 saturated carbocycles. The Morgan fingerprint density at radius 3 is 2.07 bits per heavy atom. The molecule has 4 rings (SSSR count). The number of unbranched alkanes of at least 4 members (excludes halogenated alkanes) is 1. The van der Waals surface area contributed by atoms with Crippen LogP contribution in [-0.4, -0.2) is 44.3 Å². The van der Waals surface area contributed by atoms with Crippen LogP contribution in [0.5, 0.6) is 0 Å². The van der Waals surface area contributed by atoms with Crippen molar-refractivity contribution in [2.45, 2.75) is 50.6 Å². The number of halogens is 1. The van der Waals surface area contributed by atoms with E-state index >= 15 is 0 Å². The van der Waals surface area contributed by atoms with Gasteiger partial charge in [0.2, 0.25) is 11.8 Å². The lowest BCUT2D eigenvalue weighted by atomic mass is 10.0. The Kier molecular flexibility index (Phi) is 11.7. The number of amides is 2. The van der Waals surface area contributed by atoms with Gasteiger partial charge in [-0.05, 0) is 60.4 Å². The molecule has 2 amide bonds. The van der Waals surface area contributed by atoms with E-state index in [1.165, 1.54) is 17.0 Å². The normalized spacial score (nSPS) is 11.9. The van der Waals surface area contributed by atoms with E-state index in [1.807, 2.05) is 80.6 Å². The minimum atomic E-state index is -4.13. The molecule has 0 heterocycles. The Hall–Kier alpha value is -3.95. The average molecular weight is 677 g/mol. The molecule has 0 unspecified atom stereocenters. The highest BCUT2D eigenvalue weighted by Gasteiger charge is 2.34. The van der Waals surface area contributed by atoms with Crippen LogP contribution in [0.4, 0.5) is 5.69 Å². The fraction of sp³-hybridized carbons (Fsp3) is 0.257. The number of aryl methyl sites for hydroxylation is 1. The lowest BCUT2D eigenvalue weighted by molar-refractivity contribution is -0.140. The summed E-state index contributed by atoms with van der Waals surface area (Å²) < 4.78 is 30.2. The van der Waals surface area contributed by atoms with Crippen LogP contribution >= 0.6 is 15.9 Å². The maximum Gasteiger partial charge on any atom is 0.264 e. The van der Waals surface area contributed by atoms with Gasteiger partial charge in [-0.3, -0.25) is 13.9 Å². The number of para-hydroxylation sites is 1. The van der Waals surface area contributed by atoms with Crippen molar-refractivity contribution in [1.29, 1.82) is 0 Å². The first-order chi connectivity index (χ1) is 21.2. The van der Waals surface area contributed by atoms with E-state index in [9.17, 15) is 18.0 Å². The summed E-state index contributed by atoms with van der Waals surface area (Å²) in [5.41, 5.74) is 2.82. The van der Waals surface area contributed by atoms with Crippen LogP contribution in [0.25, 0.3) is 0 Å². The van der Waals surface area contributed by atoms with Gasteiger partial charge in [-0.1, -0.05) is 108 Å². The number of benzene rings is 4. The van der Waals surface area contributed by atoms with Gasteiger partial charge in [-0.25, -0.2) is 8.42 Å². The highest BCUT2D eigenvalue weighted by Crippen LogP contribution is 2.27. The first-order valence-corrected chi connectivity index (χ1v) is 16.9. The second kappa shape index (κ2) is 15.7. The number of carbonyl (C=O) groups is 2. The van der Waals surface area contributed by atoms with Crippen LogP contribution < -0.4 is 9.62 Å². The summed E-state index contributed by atoms with van der Waals surface area (Å²) >= 11 is 3.46. The van der Waals surface area contributed by atoms with Crippen molar-refractivity contribution in [3.63, 3.8) is 0 Å². The highest BCUT2D eigenvalue weighted by molar-refractivity contribution is 9.10. The number of nitrogens with one attached hydrogen (secondary N) is 1. The zero-order chi connectivity index (χ0) is 31.5. The molecule has 1 N–H and O–H groups in total. The van der Waals surface area contributed by atoms with E-state index in [0.29, 0.717) is 17.8 Å². The fourth-order valence-electron chi connectivity index (χ4n) is 4.92. The van der Waals surface area contributed by atoms with Gasteiger partial charge < -0.3 is 10.2 Å². The second-order valence-corrected chi connectivity index (χ2v) is 13.4. The first kappa shape index (κ1) is 33.0. The van der Waals surface area contributed by atoms with Gasteiger partial charge in [0.1, 0.15) is 12.6 Å². The van der Waals surface area contributed by atoms with Crippen LogP contribution in [0, 0.1) is 6.92 Å². The van der Waals surface area contributed by atoms with Crippen molar-refractivity contribution >= 4 is 43.5 Å². The van der Waals surface area contributed by atoms with E-state index < -0.39 is 28.5 Å². The molecule has 230 valence electrons. The Bertz CT molecular complexity index is 1630. The fourth-order valence-corrected chi connectivity index (χ4v) is 6.69. The molecule has 9 heteroatoms. The number of carbonyl (C=O) groups excluding carboxylic acids is 2. The van der Waals surface area contributed by atoms with Crippen molar-refractivity contribution in [3.05, 3.63) is 130 Å². The molecule has 7 nitrogen and oxygen atoms in total. The number of rotatable bonds is 14. The number of anilines is 1. The Balaban J connectivity index is 1.78. The molecule has 0 aliphatic heterocycles. The van der Waals surface area contributed by atoms with Gasteiger partial charge in [0.05, 0.1) is 10.6 Å². The highest BCUT2D eigenvalue weighted by atomic mass is 79.9. The molecular weight excluding hydrogens is 638 g/mol. The number of hydrogen-bond donors (Lipinski definition) is 1. The third-order valence-electron chi connectivity index (χ3n) is 7.36. The Morgan fingerprint density at radius 1 is 0.818 bits per heavy atom. The molecule has 0 radical (unpaired) electrons. The van der Waals surface area contributed by atoms with Crippen LogP contribution in [0.15, 0.2) is 119 Å². The largest absolute Gasteiger partial charge is 0.354 e. The molecule has 0 fully saturated rings. The van der Waals surface area contributed by atoms with Crippen molar-refractivity contribution in [3.8, 4) is 0 Å². The van der Waals surface area contributed by atoms with E-state index in [2.05, 4.69) is 21.2 Å². The topological polar surface area (TPSA) is 86.8 Å². The first-order valence-electron chi connectivity index (χ1n) is 14.7. The minimum Gasteiger partial charge on any atom is -0.354 e. The maximum absolute atomic E-state index is 14.5. The van der Waals surface area contributed by atoms with E-state index in [4.69, 9.17) is 0 Å². The zero-order valence-electron chi connectivity index (χ0n) is 25.0. The summed E-state index contributed by atoms with van der Waals surface area (Å²) in [6.07, 6.45) is 1.99. The van der Waals surface area contributed by atoms with Gasteiger partial charge in [-0.2, -0.15) is 0 Å². The maximum atomic E-state index is 14.5. The Morgan fingerprint density at radius 2 is 1.43 bits per heavy atom. The van der Waals surface area contributed by atoms with Crippen molar-refractivity contribution < 1.29 is 18.0 Å². The summed E-state index contributed by atoms with van der Waals surface area (Å²) in [4.78, 5) is 29.9. The molecule has 1 atom stereocenters. The van der Waals surface area contributed by atoms with Crippen LogP contribution in [0.3, 0.4) is 0 Å². The minimum absolute atomic E-state index is 0.0775. The number of nitrogens with zero attached hydrogens (tertiary/aromatic N) is 2. The Labute approximate surface area is 269 Å². The van der Waals surface area contributed by atoms with E-state index in [-0.39, 0.29) is 23.8 Å². The standard InChI is InChI=1S/C35H38BrN3O4S/c1-3-4-23-37-35(41)33(24-28-14-7-5-8-15-28)38(25-29-19-21-30(36)22-20-29)34(40)26-39(32-18-12-11-13-27(32)2)44(42,43)31-16-9-6-10-17-31/h5-22,33H,3-4,23-26H2,1-2H3,(H,37,41)/t33-/m0/s1. The number of hydrogen-bond acceptors (Lipinski definition) is 4. The second-order valence-electron chi connectivity index (χ2n) is 10.6. The molecule has 0 aliphatic rings. The zero-order valence-corrected chi connectivity index (χ0v) is 27.4. The van der Waals surface area contributed by atoms with Gasteiger partial charge in [0.15, 0.2) is 0 Å². The molecular formula is C35H38BrN3O4S. The molecule has 0 spiro atoms. The average Bonchev–Trinajstić information content (AvgIpc) is 3.03. The molecule has 4 aromatic rings. The lowest BCUT2D eigenvalue weighted by Crippen LogP contribution is -2.53. The summed E-state index contributed by atoms with van der Waals surface area (Å²) in [6, 6.07) is 31.4. The van der Waals surface area contributed by atoms with Crippen LogP contribution in [0.1, 0.15) is 36.5 Å². The van der Waals surface area contributed by atoms with Crippen LogP contribution in [0.2, 0.25) is 0 Å². The monoisotopic (exact) mass is 675 g/mol. The predicted octanol–water partition coefficient (Wildman–Crippen LogP) is 6.51.